The van der Waals surface area contributed by atoms with Crippen LogP contribution in [0.3, 0.4) is 0 Å². The first-order valence-electron chi connectivity index (χ1n) is 6.82. The standard InChI is InChI=1S/C12H24N2O2S/c1-11-10-14(12-6-3-2-4-7-12)17(15,16)9-5-8-13-11/h11-13H,2-10H2,1H3. The first kappa shape index (κ1) is 13.3. The van der Waals surface area contributed by atoms with E-state index in [9.17, 15) is 8.42 Å². The highest BCUT2D eigenvalue weighted by molar-refractivity contribution is 7.89. The maximum absolute atomic E-state index is 12.3. The Hall–Kier alpha value is -0.130. The molecule has 1 aliphatic carbocycles. The van der Waals surface area contributed by atoms with Gasteiger partial charge >= 0.3 is 0 Å². The first-order valence-corrected chi connectivity index (χ1v) is 8.43. The van der Waals surface area contributed by atoms with Crippen molar-refractivity contribution in [3.8, 4) is 0 Å². The second-order valence-corrected chi connectivity index (χ2v) is 7.43. The summed E-state index contributed by atoms with van der Waals surface area (Å²) >= 11 is 0. The fourth-order valence-electron chi connectivity index (χ4n) is 2.91. The van der Waals surface area contributed by atoms with Crippen molar-refractivity contribution in [2.45, 2.75) is 57.5 Å². The molecule has 2 rings (SSSR count). The van der Waals surface area contributed by atoms with Crippen molar-refractivity contribution in [3.63, 3.8) is 0 Å². The van der Waals surface area contributed by atoms with E-state index in [-0.39, 0.29) is 12.1 Å². The maximum Gasteiger partial charge on any atom is 0.214 e. The van der Waals surface area contributed by atoms with Crippen LogP contribution in [-0.4, -0.2) is 43.6 Å². The lowest BCUT2D eigenvalue weighted by Gasteiger charge is -2.36. The van der Waals surface area contributed by atoms with E-state index in [0.29, 0.717) is 12.3 Å². The van der Waals surface area contributed by atoms with Gasteiger partial charge in [-0.3, -0.25) is 0 Å². The van der Waals surface area contributed by atoms with Crippen molar-refractivity contribution in [1.29, 1.82) is 0 Å². The molecule has 1 aliphatic heterocycles. The van der Waals surface area contributed by atoms with Crippen LogP contribution in [-0.2, 0) is 10.0 Å². The lowest BCUT2D eigenvalue weighted by molar-refractivity contribution is 0.233. The van der Waals surface area contributed by atoms with Crippen molar-refractivity contribution < 1.29 is 8.42 Å². The molecule has 0 amide bonds. The van der Waals surface area contributed by atoms with Gasteiger partial charge in [-0.2, -0.15) is 4.31 Å². The molecule has 100 valence electrons. The quantitative estimate of drug-likeness (QED) is 0.774. The molecular weight excluding hydrogens is 236 g/mol. The van der Waals surface area contributed by atoms with Crippen LogP contribution in [0.15, 0.2) is 0 Å². The van der Waals surface area contributed by atoms with Crippen LogP contribution in [0.1, 0.15) is 45.4 Å². The molecule has 5 heteroatoms. The molecule has 0 aromatic rings. The number of rotatable bonds is 1. The Morgan fingerprint density at radius 2 is 1.82 bits per heavy atom. The van der Waals surface area contributed by atoms with E-state index < -0.39 is 10.0 Å². The molecule has 1 saturated carbocycles. The zero-order chi connectivity index (χ0) is 12.3. The molecular formula is C12H24N2O2S. The summed E-state index contributed by atoms with van der Waals surface area (Å²) in [5, 5.41) is 3.39. The van der Waals surface area contributed by atoms with Crippen molar-refractivity contribution in [2.75, 3.05) is 18.8 Å². The second-order valence-electron chi connectivity index (χ2n) is 5.39. The van der Waals surface area contributed by atoms with Crippen LogP contribution in [0, 0.1) is 0 Å². The molecule has 1 heterocycles. The van der Waals surface area contributed by atoms with Crippen LogP contribution in [0.25, 0.3) is 0 Å². The van der Waals surface area contributed by atoms with Crippen LogP contribution < -0.4 is 5.32 Å². The Balaban J connectivity index is 2.12. The second kappa shape index (κ2) is 5.67. The van der Waals surface area contributed by atoms with Crippen molar-refractivity contribution in [1.82, 2.24) is 9.62 Å². The summed E-state index contributed by atoms with van der Waals surface area (Å²) in [5.41, 5.74) is 0. The maximum atomic E-state index is 12.3. The summed E-state index contributed by atoms with van der Waals surface area (Å²) in [6.45, 7) is 3.54. The predicted octanol–water partition coefficient (Wildman–Crippen LogP) is 1.33. The van der Waals surface area contributed by atoms with Gasteiger partial charge in [-0.15, -0.1) is 0 Å². The van der Waals surface area contributed by atoms with Gasteiger partial charge in [-0.25, -0.2) is 8.42 Å². The molecule has 1 unspecified atom stereocenters. The van der Waals surface area contributed by atoms with E-state index >= 15 is 0 Å². The van der Waals surface area contributed by atoms with Crippen LogP contribution in [0.4, 0.5) is 0 Å². The van der Waals surface area contributed by atoms with E-state index in [1.807, 2.05) is 0 Å². The molecule has 2 fully saturated rings. The minimum Gasteiger partial charge on any atom is -0.313 e. The van der Waals surface area contributed by atoms with Gasteiger partial charge in [0.05, 0.1) is 5.75 Å². The van der Waals surface area contributed by atoms with Crippen LogP contribution in [0.2, 0.25) is 0 Å². The Morgan fingerprint density at radius 1 is 1.12 bits per heavy atom. The van der Waals surface area contributed by atoms with Gasteiger partial charge in [0.25, 0.3) is 0 Å². The minimum atomic E-state index is -3.02. The molecule has 2 aliphatic rings. The highest BCUT2D eigenvalue weighted by atomic mass is 32.2. The smallest absolute Gasteiger partial charge is 0.214 e. The summed E-state index contributed by atoms with van der Waals surface area (Å²) in [7, 11) is -3.02. The molecule has 4 nitrogen and oxygen atoms in total. The third-order valence-corrected chi connectivity index (χ3v) is 5.83. The molecule has 0 spiro atoms. The van der Waals surface area contributed by atoms with Crippen molar-refractivity contribution in [2.24, 2.45) is 0 Å². The number of hydrogen-bond donors (Lipinski definition) is 1. The van der Waals surface area contributed by atoms with Crippen LogP contribution >= 0.6 is 0 Å². The predicted molar refractivity (Wildman–Crippen MR) is 69.4 cm³/mol. The highest BCUT2D eigenvalue weighted by Crippen LogP contribution is 2.25. The van der Waals surface area contributed by atoms with E-state index in [2.05, 4.69) is 12.2 Å². The summed E-state index contributed by atoms with van der Waals surface area (Å²) in [6, 6.07) is 0.531. The molecule has 0 bridgehead atoms. The topological polar surface area (TPSA) is 49.4 Å². The largest absolute Gasteiger partial charge is 0.313 e. The summed E-state index contributed by atoms with van der Waals surface area (Å²) in [5.74, 6) is 0.309. The molecule has 1 atom stereocenters. The molecule has 0 radical (unpaired) electrons. The zero-order valence-electron chi connectivity index (χ0n) is 10.7. The fourth-order valence-corrected chi connectivity index (χ4v) is 4.77. The van der Waals surface area contributed by atoms with Crippen LogP contribution in [0.5, 0.6) is 0 Å². The third-order valence-electron chi connectivity index (χ3n) is 3.86. The average Bonchev–Trinajstić information content (AvgIpc) is 2.31. The molecule has 0 aromatic carbocycles. The minimum absolute atomic E-state index is 0.260. The van der Waals surface area contributed by atoms with E-state index in [1.54, 1.807) is 4.31 Å². The molecule has 17 heavy (non-hydrogen) atoms. The molecule has 0 aromatic heterocycles. The SMILES string of the molecule is CC1CN(C2CCCCC2)S(=O)(=O)CCCN1. The van der Waals surface area contributed by atoms with Gasteiger partial charge < -0.3 is 5.32 Å². The van der Waals surface area contributed by atoms with Gasteiger partial charge in [0.2, 0.25) is 10.0 Å². The van der Waals surface area contributed by atoms with Gasteiger partial charge in [0.15, 0.2) is 0 Å². The number of hydrogen-bond acceptors (Lipinski definition) is 3. The lowest BCUT2D eigenvalue weighted by atomic mass is 9.95. The fraction of sp³-hybridized carbons (Fsp3) is 1.00. The number of nitrogens with one attached hydrogen (secondary N) is 1. The van der Waals surface area contributed by atoms with Gasteiger partial charge in [0.1, 0.15) is 0 Å². The van der Waals surface area contributed by atoms with Crippen molar-refractivity contribution in [3.05, 3.63) is 0 Å². The van der Waals surface area contributed by atoms with Gasteiger partial charge in [-0.05, 0) is 32.7 Å². The van der Waals surface area contributed by atoms with Crippen molar-refractivity contribution >= 4 is 10.0 Å². The average molecular weight is 260 g/mol. The third kappa shape index (κ3) is 3.42. The summed E-state index contributed by atoms with van der Waals surface area (Å²) < 4.78 is 26.4. The first-order chi connectivity index (χ1) is 8.09. The Bertz CT molecular complexity index is 336. The van der Waals surface area contributed by atoms with E-state index in [0.717, 1.165) is 25.8 Å². The Morgan fingerprint density at radius 3 is 2.53 bits per heavy atom. The highest BCUT2D eigenvalue weighted by Gasteiger charge is 2.32. The molecule has 1 N–H and O–H groups in total. The summed E-state index contributed by atoms with van der Waals surface area (Å²) in [6.07, 6.45) is 6.45. The Kier molecular flexibility index (Phi) is 4.44. The molecule has 1 saturated heterocycles. The monoisotopic (exact) mass is 260 g/mol. The summed E-state index contributed by atoms with van der Waals surface area (Å²) in [4.78, 5) is 0. The Labute approximate surface area is 105 Å². The number of sulfonamides is 1. The lowest BCUT2D eigenvalue weighted by Crippen LogP contribution is -2.51. The van der Waals surface area contributed by atoms with E-state index in [1.165, 1.54) is 19.3 Å². The van der Waals surface area contributed by atoms with Gasteiger partial charge in [0, 0.05) is 18.6 Å². The zero-order valence-corrected chi connectivity index (χ0v) is 11.5. The number of nitrogens with zero attached hydrogens (tertiary/aromatic N) is 1. The normalized spacial score (nSPS) is 32.9. The van der Waals surface area contributed by atoms with E-state index in [4.69, 9.17) is 0 Å². The van der Waals surface area contributed by atoms with Gasteiger partial charge in [-0.1, -0.05) is 19.3 Å².